The smallest absolute Gasteiger partial charge is 0.416 e. The number of esters is 1. The summed E-state index contributed by atoms with van der Waals surface area (Å²) in [5, 5.41) is 2.86. The number of hydrogen-bond donors (Lipinski definition) is 1. The van der Waals surface area contributed by atoms with Crippen LogP contribution in [0.2, 0.25) is 0 Å². The summed E-state index contributed by atoms with van der Waals surface area (Å²) in [6, 6.07) is 4.34. The van der Waals surface area contributed by atoms with E-state index in [0.29, 0.717) is 5.56 Å². The van der Waals surface area contributed by atoms with E-state index >= 15 is 0 Å². The lowest BCUT2D eigenvalue weighted by atomic mass is 10.0. The topological polar surface area (TPSA) is 38.3 Å². The Hall–Kier alpha value is -1.56. The van der Waals surface area contributed by atoms with Gasteiger partial charge >= 0.3 is 12.1 Å². The summed E-state index contributed by atoms with van der Waals surface area (Å²) in [5.41, 5.74) is -0.102. The summed E-state index contributed by atoms with van der Waals surface area (Å²) in [5.74, 6) is -0.422. The molecule has 0 aliphatic carbocycles. The lowest BCUT2D eigenvalue weighted by Gasteiger charge is -2.16. The van der Waals surface area contributed by atoms with Crippen LogP contribution in [-0.4, -0.2) is 20.1 Å². The molecule has 18 heavy (non-hydrogen) atoms. The van der Waals surface area contributed by atoms with E-state index < -0.39 is 17.7 Å². The Morgan fingerprint density at radius 2 is 1.89 bits per heavy atom. The van der Waals surface area contributed by atoms with Crippen LogP contribution in [0.5, 0.6) is 0 Å². The van der Waals surface area contributed by atoms with Crippen molar-refractivity contribution in [2.45, 2.75) is 18.6 Å². The molecule has 1 aromatic carbocycles. The Bertz CT molecular complexity index is 401. The van der Waals surface area contributed by atoms with Gasteiger partial charge in [-0.15, -0.1) is 0 Å². The molecule has 1 atom stereocenters. The van der Waals surface area contributed by atoms with Crippen molar-refractivity contribution >= 4 is 5.97 Å². The molecule has 1 rings (SSSR count). The highest BCUT2D eigenvalue weighted by Gasteiger charge is 2.30. The Labute approximate surface area is 103 Å². The van der Waals surface area contributed by atoms with E-state index in [9.17, 15) is 18.0 Å². The van der Waals surface area contributed by atoms with Gasteiger partial charge in [-0.1, -0.05) is 12.1 Å². The third kappa shape index (κ3) is 3.73. The number of carbonyl (C=O) groups excluding carboxylic acids is 1. The van der Waals surface area contributed by atoms with Gasteiger partial charge in [0.2, 0.25) is 0 Å². The molecule has 0 spiro atoms. The number of ether oxygens (including phenoxy) is 1. The summed E-state index contributed by atoms with van der Waals surface area (Å²) in [4.78, 5) is 11.1. The van der Waals surface area contributed by atoms with Crippen molar-refractivity contribution in [2.75, 3.05) is 14.2 Å². The molecule has 0 saturated heterocycles. The fraction of sp³-hybridized carbons (Fsp3) is 0.417. The molecule has 1 unspecified atom stereocenters. The van der Waals surface area contributed by atoms with E-state index in [2.05, 4.69) is 10.1 Å². The summed E-state index contributed by atoms with van der Waals surface area (Å²) in [6.45, 7) is 0. The van der Waals surface area contributed by atoms with Gasteiger partial charge in [0.1, 0.15) is 0 Å². The van der Waals surface area contributed by atoms with Crippen LogP contribution in [0.1, 0.15) is 23.6 Å². The maximum absolute atomic E-state index is 12.4. The number of carbonyl (C=O) groups is 1. The number of nitrogens with one attached hydrogen (secondary N) is 1. The SMILES string of the molecule is CNC(CC(=O)OC)c1ccc(C(F)(F)F)cc1. The van der Waals surface area contributed by atoms with Gasteiger partial charge in [-0.3, -0.25) is 4.79 Å². The predicted octanol–water partition coefficient (Wildman–Crippen LogP) is 2.53. The molecule has 1 N–H and O–H groups in total. The molecule has 6 heteroatoms. The third-order valence-electron chi connectivity index (χ3n) is 2.59. The molecule has 0 saturated carbocycles. The molecule has 1 aromatic rings. The van der Waals surface area contributed by atoms with Gasteiger partial charge in [-0.2, -0.15) is 13.2 Å². The predicted molar refractivity (Wildman–Crippen MR) is 59.9 cm³/mol. The highest BCUT2D eigenvalue weighted by molar-refractivity contribution is 5.70. The third-order valence-corrected chi connectivity index (χ3v) is 2.59. The van der Waals surface area contributed by atoms with E-state index in [-0.39, 0.29) is 12.5 Å². The second-order valence-electron chi connectivity index (χ2n) is 3.74. The van der Waals surface area contributed by atoms with Gasteiger partial charge in [0.05, 0.1) is 19.1 Å². The molecule has 0 fully saturated rings. The average Bonchev–Trinajstić information content (AvgIpc) is 2.34. The number of alkyl halides is 3. The zero-order chi connectivity index (χ0) is 13.8. The quantitative estimate of drug-likeness (QED) is 0.846. The minimum absolute atomic E-state index is 0.0678. The van der Waals surface area contributed by atoms with Crippen molar-refractivity contribution in [3.05, 3.63) is 35.4 Å². The van der Waals surface area contributed by atoms with Gasteiger partial charge in [0.15, 0.2) is 0 Å². The van der Waals surface area contributed by atoms with Gasteiger partial charge < -0.3 is 10.1 Å². The molecule has 0 heterocycles. The van der Waals surface area contributed by atoms with Crippen molar-refractivity contribution in [3.63, 3.8) is 0 Å². The fourth-order valence-electron chi connectivity index (χ4n) is 1.54. The minimum Gasteiger partial charge on any atom is -0.469 e. The van der Waals surface area contributed by atoms with Crippen molar-refractivity contribution < 1.29 is 22.7 Å². The Morgan fingerprint density at radius 3 is 2.28 bits per heavy atom. The van der Waals surface area contributed by atoms with Gasteiger partial charge in [-0.05, 0) is 24.7 Å². The standard InChI is InChI=1S/C12H14F3NO2/c1-16-10(7-11(17)18-2)8-3-5-9(6-4-8)12(13,14)15/h3-6,10,16H,7H2,1-2H3. The largest absolute Gasteiger partial charge is 0.469 e. The maximum Gasteiger partial charge on any atom is 0.416 e. The molecule has 0 aromatic heterocycles. The number of methoxy groups -OCH3 is 1. The number of hydrogen-bond acceptors (Lipinski definition) is 3. The first kappa shape index (κ1) is 14.5. The molecule has 0 amide bonds. The first-order valence-electron chi connectivity index (χ1n) is 5.29. The Morgan fingerprint density at radius 1 is 1.33 bits per heavy atom. The van der Waals surface area contributed by atoms with Crippen LogP contribution in [0.25, 0.3) is 0 Å². The van der Waals surface area contributed by atoms with Crippen LogP contribution in [0.3, 0.4) is 0 Å². The summed E-state index contributed by atoms with van der Waals surface area (Å²) in [7, 11) is 2.90. The second kappa shape index (κ2) is 5.86. The van der Waals surface area contributed by atoms with Crippen LogP contribution in [0.15, 0.2) is 24.3 Å². The van der Waals surface area contributed by atoms with E-state index in [1.54, 1.807) is 7.05 Å². The number of halogens is 3. The molecule has 0 aliphatic heterocycles. The molecule has 0 radical (unpaired) electrons. The zero-order valence-corrected chi connectivity index (χ0v) is 10.0. The van der Waals surface area contributed by atoms with Gasteiger partial charge in [0.25, 0.3) is 0 Å². The summed E-state index contributed by atoms with van der Waals surface area (Å²) < 4.78 is 41.7. The highest BCUT2D eigenvalue weighted by atomic mass is 19.4. The van der Waals surface area contributed by atoms with Crippen LogP contribution >= 0.6 is 0 Å². The van der Waals surface area contributed by atoms with E-state index in [4.69, 9.17) is 0 Å². The van der Waals surface area contributed by atoms with E-state index in [1.165, 1.54) is 19.2 Å². The van der Waals surface area contributed by atoms with Crippen LogP contribution < -0.4 is 5.32 Å². The highest BCUT2D eigenvalue weighted by Crippen LogP contribution is 2.30. The Balaban J connectivity index is 2.85. The maximum atomic E-state index is 12.4. The zero-order valence-electron chi connectivity index (χ0n) is 10.0. The van der Waals surface area contributed by atoms with Crippen molar-refractivity contribution in [3.8, 4) is 0 Å². The molecule has 0 bridgehead atoms. The molecule has 100 valence electrons. The molecular weight excluding hydrogens is 247 g/mol. The van der Waals surface area contributed by atoms with Gasteiger partial charge in [-0.25, -0.2) is 0 Å². The number of rotatable bonds is 4. The van der Waals surface area contributed by atoms with E-state index in [0.717, 1.165) is 12.1 Å². The first-order chi connectivity index (χ1) is 8.38. The summed E-state index contributed by atoms with van der Waals surface area (Å²) in [6.07, 6.45) is -4.28. The van der Waals surface area contributed by atoms with Crippen LogP contribution in [-0.2, 0) is 15.7 Å². The second-order valence-corrected chi connectivity index (χ2v) is 3.74. The monoisotopic (exact) mass is 261 g/mol. The van der Waals surface area contributed by atoms with Crippen molar-refractivity contribution in [1.29, 1.82) is 0 Å². The summed E-state index contributed by atoms with van der Waals surface area (Å²) >= 11 is 0. The minimum atomic E-state index is -4.35. The average molecular weight is 261 g/mol. The van der Waals surface area contributed by atoms with Gasteiger partial charge in [0, 0.05) is 6.04 Å². The number of benzene rings is 1. The fourth-order valence-corrected chi connectivity index (χ4v) is 1.54. The lowest BCUT2D eigenvalue weighted by molar-refractivity contribution is -0.141. The van der Waals surface area contributed by atoms with E-state index in [1.807, 2.05) is 0 Å². The van der Waals surface area contributed by atoms with Crippen molar-refractivity contribution in [1.82, 2.24) is 5.32 Å². The molecule has 0 aliphatic rings. The molecule has 3 nitrogen and oxygen atoms in total. The Kier molecular flexibility index (Phi) is 4.72. The molecular formula is C12H14F3NO2. The lowest BCUT2D eigenvalue weighted by Crippen LogP contribution is -2.20. The van der Waals surface area contributed by atoms with Crippen LogP contribution in [0, 0.1) is 0 Å². The van der Waals surface area contributed by atoms with Crippen molar-refractivity contribution in [2.24, 2.45) is 0 Å². The first-order valence-corrected chi connectivity index (χ1v) is 5.29. The van der Waals surface area contributed by atoms with Crippen LogP contribution in [0.4, 0.5) is 13.2 Å². The normalized spacial score (nSPS) is 13.2.